The number of hydrogen-bond acceptors (Lipinski definition) is 4. The molecule has 1 aromatic rings. The molecule has 0 aliphatic carbocycles. The van der Waals surface area contributed by atoms with Gasteiger partial charge in [0.25, 0.3) is 0 Å². The van der Waals surface area contributed by atoms with Crippen LogP contribution in [0.2, 0.25) is 0 Å². The maximum absolute atomic E-state index is 13.3. The number of halogens is 2. The number of rotatable bonds is 6. The van der Waals surface area contributed by atoms with E-state index in [9.17, 15) is 22.9 Å². The minimum absolute atomic E-state index is 0.152. The quantitative estimate of drug-likeness (QED) is 0.265. The van der Waals surface area contributed by atoms with E-state index in [2.05, 4.69) is 27.3 Å². The largest absolute Gasteiger partial charge is 0.324 e. The summed E-state index contributed by atoms with van der Waals surface area (Å²) in [5, 5.41) is 10.7. The highest BCUT2D eigenvalue weighted by molar-refractivity contribution is 14.1. The minimum atomic E-state index is -4.07. The second kappa shape index (κ2) is 6.38. The molecule has 0 amide bonds. The first-order valence-corrected chi connectivity index (χ1v) is 7.89. The lowest BCUT2D eigenvalue weighted by Crippen LogP contribution is -2.26. The van der Waals surface area contributed by atoms with E-state index in [0.717, 1.165) is 22.6 Å². The molecule has 0 aliphatic heterocycles. The van der Waals surface area contributed by atoms with Crippen molar-refractivity contribution >= 4 is 38.3 Å². The first kappa shape index (κ1) is 15.2. The van der Waals surface area contributed by atoms with E-state index in [1.807, 2.05) is 0 Å². The van der Waals surface area contributed by atoms with Crippen LogP contribution in [0.3, 0.4) is 0 Å². The monoisotopic (exact) mass is 388 g/mol. The van der Waals surface area contributed by atoms with Gasteiger partial charge in [0, 0.05) is 11.0 Å². The number of alkyl halides is 1. The Balaban J connectivity index is 3.16. The average molecular weight is 388 g/mol. The summed E-state index contributed by atoms with van der Waals surface area (Å²) in [6, 6.07) is 2.98. The van der Waals surface area contributed by atoms with Crippen molar-refractivity contribution in [1.82, 2.24) is 4.72 Å². The van der Waals surface area contributed by atoms with Gasteiger partial charge in [-0.1, -0.05) is 28.7 Å². The lowest BCUT2D eigenvalue weighted by atomic mass is 10.3. The van der Waals surface area contributed by atoms with Crippen LogP contribution in [-0.4, -0.2) is 24.3 Å². The number of nitrogens with zero attached hydrogens (tertiary/aromatic N) is 1. The minimum Gasteiger partial charge on any atom is -0.258 e. The first-order chi connectivity index (χ1) is 8.40. The Kier molecular flexibility index (Phi) is 5.41. The summed E-state index contributed by atoms with van der Waals surface area (Å²) in [5.74, 6) is -1.17. The molecule has 0 radical (unpaired) electrons. The summed E-state index contributed by atoms with van der Waals surface area (Å²) >= 11 is 2.07. The zero-order valence-electron chi connectivity index (χ0n) is 9.10. The molecule has 0 spiro atoms. The molecule has 1 aromatic carbocycles. The molecule has 0 bridgehead atoms. The number of hydrogen-bond donors (Lipinski definition) is 1. The van der Waals surface area contributed by atoms with E-state index >= 15 is 0 Å². The summed E-state index contributed by atoms with van der Waals surface area (Å²) in [6.07, 6.45) is 0.586. The van der Waals surface area contributed by atoms with E-state index in [0.29, 0.717) is 6.42 Å². The standard InChI is InChI=1S/C9H10FIN2O4S/c10-7-3-1-4-8(9(7)13(14)15)18(16,17)12-6-2-5-11/h1,3-4,12H,2,5-6H2. The summed E-state index contributed by atoms with van der Waals surface area (Å²) in [4.78, 5) is 9.00. The van der Waals surface area contributed by atoms with Crippen LogP contribution < -0.4 is 4.72 Å². The van der Waals surface area contributed by atoms with E-state index in [4.69, 9.17) is 0 Å². The van der Waals surface area contributed by atoms with Crippen LogP contribution in [0.5, 0.6) is 0 Å². The van der Waals surface area contributed by atoms with Gasteiger partial charge in [-0.05, 0) is 18.6 Å². The second-order valence-electron chi connectivity index (χ2n) is 3.28. The van der Waals surface area contributed by atoms with Crippen LogP contribution in [0.25, 0.3) is 0 Å². The average Bonchev–Trinajstić information content (AvgIpc) is 2.28. The van der Waals surface area contributed by atoms with Gasteiger partial charge in [0.05, 0.1) is 4.92 Å². The van der Waals surface area contributed by atoms with E-state index in [-0.39, 0.29) is 6.54 Å². The number of nitrogens with one attached hydrogen (secondary N) is 1. The van der Waals surface area contributed by atoms with Crippen molar-refractivity contribution < 1.29 is 17.7 Å². The van der Waals surface area contributed by atoms with Gasteiger partial charge in [-0.3, -0.25) is 10.1 Å². The lowest BCUT2D eigenvalue weighted by molar-refractivity contribution is -0.390. The van der Waals surface area contributed by atoms with Crippen LogP contribution in [-0.2, 0) is 10.0 Å². The Morgan fingerprint density at radius 3 is 2.67 bits per heavy atom. The summed E-state index contributed by atoms with van der Waals surface area (Å²) in [6.45, 7) is 0.152. The van der Waals surface area contributed by atoms with Crippen LogP contribution in [0, 0.1) is 15.9 Å². The van der Waals surface area contributed by atoms with Crippen LogP contribution in [0.1, 0.15) is 6.42 Å². The van der Waals surface area contributed by atoms with Crippen LogP contribution in [0.15, 0.2) is 23.1 Å². The van der Waals surface area contributed by atoms with Gasteiger partial charge in [-0.25, -0.2) is 13.1 Å². The number of sulfonamides is 1. The van der Waals surface area contributed by atoms with Crippen molar-refractivity contribution in [2.75, 3.05) is 11.0 Å². The van der Waals surface area contributed by atoms with Crippen LogP contribution in [0.4, 0.5) is 10.1 Å². The molecule has 0 saturated carbocycles. The normalized spacial score (nSPS) is 11.4. The molecule has 18 heavy (non-hydrogen) atoms. The molecular weight excluding hydrogens is 378 g/mol. The van der Waals surface area contributed by atoms with E-state index in [1.165, 1.54) is 0 Å². The van der Waals surface area contributed by atoms with Crippen molar-refractivity contribution in [1.29, 1.82) is 0 Å². The molecule has 0 unspecified atom stereocenters. The molecule has 1 N–H and O–H groups in total. The van der Waals surface area contributed by atoms with E-state index < -0.39 is 31.3 Å². The van der Waals surface area contributed by atoms with Gasteiger partial charge in [0.1, 0.15) is 0 Å². The Hall–Kier alpha value is -0.810. The summed E-state index contributed by atoms with van der Waals surface area (Å²) < 4.78 is 39.8. The Labute approximate surface area is 117 Å². The molecule has 0 saturated heterocycles. The highest BCUT2D eigenvalue weighted by atomic mass is 127. The smallest absolute Gasteiger partial charge is 0.258 e. The highest BCUT2D eigenvalue weighted by Crippen LogP contribution is 2.26. The zero-order chi connectivity index (χ0) is 13.8. The number of nitro groups is 1. The maximum Gasteiger partial charge on any atom is 0.324 e. The predicted octanol–water partition coefficient (Wildman–Crippen LogP) is 1.84. The van der Waals surface area contributed by atoms with Gasteiger partial charge in [-0.15, -0.1) is 0 Å². The molecule has 100 valence electrons. The molecule has 1 rings (SSSR count). The number of para-hydroxylation sites is 1. The zero-order valence-corrected chi connectivity index (χ0v) is 12.1. The lowest BCUT2D eigenvalue weighted by Gasteiger charge is -2.06. The molecule has 6 nitrogen and oxygen atoms in total. The molecule has 0 aliphatic rings. The fraction of sp³-hybridized carbons (Fsp3) is 0.333. The van der Waals surface area contributed by atoms with Gasteiger partial charge in [-0.2, -0.15) is 4.39 Å². The van der Waals surface area contributed by atoms with Crippen molar-refractivity contribution in [3.63, 3.8) is 0 Å². The van der Waals surface area contributed by atoms with Crippen molar-refractivity contribution in [2.24, 2.45) is 0 Å². The predicted molar refractivity (Wildman–Crippen MR) is 71.7 cm³/mol. The third-order valence-electron chi connectivity index (χ3n) is 2.02. The van der Waals surface area contributed by atoms with Crippen molar-refractivity contribution in [2.45, 2.75) is 11.3 Å². The molecule has 0 fully saturated rings. The van der Waals surface area contributed by atoms with Gasteiger partial charge in [0.15, 0.2) is 4.90 Å². The van der Waals surface area contributed by atoms with Gasteiger partial charge in [0.2, 0.25) is 15.8 Å². The molecular formula is C9H10FIN2O4S. The SMILES string of the molecule is O=[N+]([O-])c1c(F)cccc1S(=O)(=O)NCCCI. The second-order valence-corrected chi connectivity index (χ2v) is 6.10. The topological polar surface area (TPSA) is 89.3 Å². The van der Waals surface area contributed by atoms with Gasteiger partial charge >= 0.3 is 5.69 Å². The fourth-order valence-corrected chi connectivity index (χ4v) is 2.87. The van der Waals surface area contributed by atoms with Crippen LogP contribution >= 0.6 is 22.6 Å². The molecule has 0 atom stereocenters. The maximum atomic E-state index is 13.3. The third kappa shape index (κ3) is 3.59. The summed E-state index contributed by atoms with van der Waals surface area (Å²) in [5.41, 5.74) is -1.03. The first-order valence-electron chi connectivity index (χ1n) is 4.88. The van der Waals surface area contributed by atoms with Crippen molar-refractivity contribution in [3.05, 3.63) is 34.1 Å². The number of nitro benzene ring substituents is 1. The Morgan fingerprint density at radius 1 is 1.44 bits per heavy atom. The molecule has 0 heterocycles. The van der Waals surface area contributed by atoms with Crippen molar-refractivity contribution in [3.8, 4) is 0 Å². The summed E-state index contributed by atoms with van der Waals surface area (Å²) in [7, 11) is -4.07. The highest BCUT2D eigenvalue weighted by Gasteiger charge is 2.28. The van der Waals surface area contributed by atoms with Gasteiger partial charge < -0.3 is 0 Å². The Bertz CT molecular complexity index is 549. The Morgan fingerprint density at radius 2 is 2.11 bits per heavy atom. The molecule has 9 heteroatoms. The fourth-order valence-electron chi connectivity index (χ4n) is 1.24. The number of benzene rings is 1. The third-order valence-corrected chi connectivity index (χ3v) is 4.28. The van der Waals surface area contributed by atoms with E-state index in [1.54, 1.807) is 0 Å². The molecule has 0 aromatic heterocycles.